The van der Waals surface area contributed by atoms with Gasteiger partial charge in [0.25, 0.3) is 5.91 Å². The summed E-state index contributed by atoms with van der Waals surface area (Å²) in [5.74, 6) is 0.0521. The summed E-state index contributed by atoms with van der Waals surface area (Å²) in [5, 5.41) is 2.85. The molecule has 6 heteroatoms. The van der Waals surface area contributed by atoms with Crippen molar-refractivity contribution in [3.8, 4) is 0 Å². The zero-order chi connectivity index (χ0) is 18.3. The van der Waals surface area contributed by atoms with Gasteiger partial charge in [-0.1, -0.05) is 0 Å². The van der Waals surface area contributed by atoms with Crippen LogP contribution >= 0.6 is 0 Å². The van der Waals surface area contributed by atoms with Crippen molar-refractivity contribution in [1.82, 2.24) is 9.88 Å². The number of carbonyl (C=O) groups is 2. The van der Waals surface area contributed by atoms with Gasteiger partial charge in [0.1, 0.15) is 6.54 Å². The number of aryl methyl sites for hydroxylation is 1. The molecule has 6 nitrogen and oxygen atoms in total. The molecule has 1 aromatic rings. The second kappa shape index (κ2) is 9.59. The molecule has 1 heterocycles. The number of carbonyl (C=O) groups excluding carboxylic acids is 2. The van der Waals surface area contributed by atoms with Crippen LogP contribution < -0.4 is 10.2 Å². The summed E-state index contributed by atoms with van der Waals surface area (Å²) in [6.07, 6.45) is 0.918. The lowest BCUT2D eigenvalue weighted by atomic mass is 10.1. The number of ether oxygens (including phenoxy) is 1. The highest BCUT2D eigenvalue weighted by Gasteiger charge is 2.20. The summed E-state index contributed by atoms with van der Waals surface area (Å²) in [6, 6.07) is 2.07. The number of Topliss-reactive ketones (excluding diaryl/α,β-unsaturated/α-hetero) is 1. The lowest BCUT2D eigenvalue weighted by Gasteiger charge is -2.14. The summed E-state index contributed by atoms with van der Waals surface area (Å²) in [5.41, 5.74) is 2.84. The Morgan fingerprint density at radius 3 is 2.54 bits per heavy atom. The number of likely N-dealkylation sites (N-methyl/N-ethyl adjacent to an activating group) is 1. The van der Waals surface area contributed by atoms with Gasteiger partial charge in [-0.25, -0.2) is 0 Å². The van der Waals surface area contributed by atoms with Gasteiger partial charge in [0.05, 0.1) is 7.05 Å². The molecule has 0 saturated heterocycles. The molecule has 0 spiro atoms. The van der Waals surface area contributed by atoms with E-state index in [2.05, 4.69) is 9.88 Å². The largest absolute Gasteiger partial charge is 0.385 e. The lowest BCUT2D eigenvalue weighted by molar-refractivity contribution is -0.862. The Bertz CT molecular complexity index is 564. The van der Waals surface area contributed by atoms with Crippen LogP contribution in [0.4, 0.5) is 0 Å². The number of quaternary nitrogens is 1. The van der Waals surface area contributed by atoms with Gasteiger partial charge >= 0.3 is 0 Å². The van der Waals surface area contributed by atoms with Crippen molar-refractivity contribution in [2.45, 2.75) is 46.7 Å². The van der Waals surface area contributed by atoms with E-state index in [0.717, 1.165) is 34.8 Å². The van der Waals surface area contributed by atoms with Gasteiger partial charge in [0.15, 0.2) is 6.54 Å². The number of hydrogen-bond donors (Lipinski definition) is 2. The zero-order valence-corrected chi connectivity index (χ0v) is 15.9. The molecule has 1 unspecified atom stereocenters. The third kappa shape index (κ3) is 6.09. The highest BCUT2D eigenvalue weighted by molar-refractivity contribution is 5.98. The predicted molar refractivity (Wildman–Crippen MR) is 94.6 cm³/mol. The van der Waals surface area contributed by atoms with Crippen molar-refractivity contribution in [1.29, 1.82) is 0 Å². The highest BCUT2D eigenvalue weighted by Crippen LogP contribution is 2.16. The van der Waals surface area contributed by atoms with Crippen LogP contribution in [0.15, 0.2) is 6.07 Å². The Morgan fingerprint density at radius 2 is 1.96 bits per heavy atom. The minimum atomic E-state index is -0.0275. The Balaban J connectivity index is 2.67. The normalized spacial score (nSPS) is 12.5. The predicted octanol–water partition coefficient (Wildman–Crippen LogP) is 0.363. The fourth-order valence-corrected chi connectivity index (χ4v) is 2.87. The molecule has 1 aromatic heterocycles. The van der Waals surface area contributed by atoms with Crippen molar-refractivity contribution in [2.75, 3.05) is 33.9 Å². The number of nitrogens with one attached hydrogen (secondary N) is 2. The van der Waals surface area contributed by atoms with E-state index in [9.17, 15) is 9.59 Å². The monoisotopic (exact) mass is 338 g/mol. The number of ketones is 1. The van der Waals surface area contributed by atoms with E-state index in [1.54, 1.807) is 7.11 Å². The second-order valence-electron chi connectivity index (χ2n) is 6.74. The fourth-order valence-electron chi connectivity index (χ4n) is 2.87. The molecule has 0 bridgehead atoms. The minimum absolute atomic E-state index is 0.0275. The summed E-state index contributed by atoms with van der Waals surface area (Å²) in [6.45, 7) is 10.0. The average Bonchev–Trinajstić information content (AvgIpc) is 2.74. The van der Waals surface area contributed by atoms with Gasteiger partial charge in [0, 0.05) is 43.3 Å². The molecule has 0 radical (unpaired) electrons. The van der Waals surface area contributed by atoms with Gasteiger partial charge in [-0.15, -0.1) is 0 Å². The molecule has 0 aliphatic carbocycles. The van der Waals surface area contributed by atoms with Crippen molar-refractivity contribution in [2.24, 2.45) is 0 Å². The van der Waals surface area contributed by atoms with E-state index in [-0.39, 0.29) is 17.7 Å². The molecule has 1 amide bonds. The van der Waals surface area contributed by atoms with E-state index >= 15 is 0 Å². The van der Waals surface area contributed by atoms with E-state index in [1.807, 2.05) is 40.8 Å². The number of aromatic nitrogens is 1. The van der Waals surface area contributed by atoms with Crippen LogP contribution in [0.1, 0.15) is 42.0 Å². The summed E-state index contributed by atoms with van der Waals surface area (Å²) < 4.78 is 7.25. The zero-order valence-electron chi connectivity index (χ0n) is 15.9. The molecule has 0 aliphatic rings. The van der Waals surface area contributed by atoms with Crippen LogP contribution in [-0.2, 0) is 16.1 Å². The third-order valence-corrected chi connectivity index (χ3v) is 3.98. The van der Waals surface area contributed by atoms with Crippen LogP contribution in [0.5, 0.6) is 0 Å². The van der Waals surface area contributed by atoms with Gasteiger partial charge in [-0.3, -0.25) is 9.59 Å². The second-order valence-corrected chi connectivity index (χ2v) is 6.74. The fraction of sp³-hybridized carbons (Fsp3) is 0.667. The van der Waals surface area contributed by atoms with Crippen LogP contribution in [0.3, 0.4) is 0 Å². The van der Waals surface area contributed by atoms with Gasteiger partial charge < -0.3 is 19.5 Å². The number of amides is 1. The van der Waals surface area contributed by atoms with Gasteiger partial charge in [-0.2, -0.15) is 0 Å². The van der Waals surface area contributed by atoms with Crippen LogP contribution in [0, 0.1) is 13.8 Å². The van der Waals surface area contributed by atoms with Crippen molar-refractivity contribution in [3.05, 3.63) is 23.0 Å². The SMILES string of the molecule is COCCCn1c(C)cc(C(=O)C[NH+](C)CC(=O)NC(C)C)c1C. The molecule has 0 aliphatic heterocycles. The molecule has 2 N–H and O–H groups in total. The summed E-state index contributed by atoms with van der Waals surface area (Å²) in [7, 11) is 3.56. The van der Waals surface area contributed by atoms with Gasteiger partial charge in [-0.05, 0) is 40.2 Å². The minimum Gasteiger partial charge on any atom is -0.385 e. The molecule has 0 saturated carbocycles. The van der Waals surface area contributed by atoms with E-state index in [4.69, 9.17) is 4.74 Å². The van der Waals surface area contributed by atoms with E-state index in [0.29, 0.717) is 19.7 Å². The smallest absolute Gasteiger partial charge is 0.275 e. The average molecular weight is 338 g/mol. The molecule has 0 aromatic carbocycles. The maximum absolute atomic E-state index is 12.6. The van der Waals surface area contributed by atoms with Crippen molar-refractivity contribution in [3.63, 3.8) is 0 Å². The first kappa shape index (κ1) is 20.4. The molecule has 136 valence electrons. The Labute approximate surface area is 145 Å². The topological polar surface area (TPSA) is 64.8 Å². The first-order chi connectivity index (χ1) is 11.3. The van der Waals surface area contributed by atoms with E-state index in [1.165, 1.54) is 0 Å². The first-order valence-electron chi connectivity index (χ1n) is 8.55. The van der Waals surface area contributed by atoms with Crippen molar-refractivity contribution >= 4 is 11.7 Å². The summed E-state index contributed by atoms with van der Waals surface area (Å²) in [4.78, 5) is 25.3. The number of nitrogens with zero attached hydrogens (tertiary/aromatic N) is 1. The lowest BCUT2D eigenvalue weighted by Crippen LogP contribution is -3.11. The molecule has 1 atom stereocenters. The molecular weight excluding hydrogens is 306 g/mol. The maximum atomic E-state index is 12.6. The standard InChI is InChI=1S/C18H31N3O3/c1-13(2)19-18(23)12-20(5)11-17(22)16-10-14(3)21(15(16)4)8-7-9-24-6/h10,13H,7-9,11-12H2,1-6H3,(H,19,23)/p+1. The Kier molecular flexibility index (Phi) is 8.15. The first-order valence-corrected chi connectivity index (χ1v) is 8.55. The number of methoxy groups -OCH3 is 1. The molecule has 0 fully saturated rings. The van der Waals surface area contributed by atoms with Crippen molar-refractivity contribution < 1.29 is 19.2 Å². The summed E-state index contributed by atoms with van der Waals surface area (Å²) >= 11 is 0. The highest BCUT2D eigenvalue weighted by atomic mass is 16.5. The number of hydrogen-bond acceptors (Lipinski definition) is 3. The third-order valence-electron chi connectivity index (χ3n) is 3.98. The molecular formula is C18H32N3O3+. The Morgan fingerprint density at radius 1 is 1.29 bits per heavy atom. The number of rotatable bonds is 10. The van der Waals surface area contributed by atoms with Crippen LogP contribution in [0.25, 0.3) is 0 Å². The maximum Gasteiger partial charge on any atom is 0.275 e. The quantitative estimate of drug-likeness (QED) is 0.478. The van der Waals surface area contributed by atoms with Crippen LogP contribution in [0.2, 0.25) is 0 Å². The molecule has 1 rings (SSSR count). The van der Waals surface area contributed by atoms with E-state index < -0.39 is 0 Å². The molecule has 24 heavy (non-hydrogen) atoms. The van der Waals surface area contributed by atoms with Gasteiger partial charge in [0.2, 0.25) is 5.78 Å². The van der Waals surface area contributed by atoms with Crippen LogP contribution in [-0.4, -0.2) is 56.2 Å². The Hall–Kier alpha value is -1.66.